The van der Waals surface area contributed by atoms with Gasteiger partial charge in [-0.15, -0.1) is 0 Å². The number of aromatic nitrogens is 1. The van der Waals surface area contributed by atoms with E-state index in [1.165, 1.54) is 25.7 Å². The van der Waals surface area contributed by atoms with Crippen molar-refractivity contribution in [1.29, 1.82) is 0 Å². The van der Waals surface area contributed by atoms with Gasteiger partial charge in [0.25, 0.3) is 5.91 Å². The van der Waals surface area contributed by atoms with E-state index in [1.807, 2.05) is 18.2 Å². The van der Waals surface area contributed by atoms with Gasteiger partial charge in [-0.2, -0.15) is 0 Å². The van der Waals surface area contributed by atoms with Crippen molar-refractivity contribution in [3.8, 4) is 0 Å². The highest BCUT2D eigenvalue weighted by Gasteiger charge is 2.26. The SMILES string of the molecule is O=C(NC[C@H](c1ccco1)N1CCCC1)c1ccnc(NC2CC2)c1. The normalized spacial score (nSPS) is 18.9. The lowest BCUT2D eigenvalue weighted by molar-refractivity contribution is 0.0933. The van der Waals surface area contributed by atoms with Crippen LogP contribution >= 0.6 is 0 Å². The third kappa shape index (κ3) is 4.02. The zero-order valence-electron chi connectivity index (χ0n) is 14.3. The highest BCUT2D eigenvalue weighted by atomic mass is 16.3. The quantitative estimate of drug-likeness (QED) is 0.811. The lowest BCUT2D eigenvalue weighted by atomic mass is 10.1. The van der Waals surface area contributed by atoms with Crippen LogP contribution in [0.2, 0.25) is 0 Å². The Balaban J connectivity index is 1.40. The van der Waals surface area contributed by atoms with E-state index in [9.17, 15) is 4.79 Å². The number of hydrogen-bond acceptors (Lipinski definition) is 5. The minimum atomic E-state index is -0.0722. The van der Waals surface area contributed by atoms with Gasteiger partial charge < -0.3 is 15.1 Å². The highest BCUT2D eigenvalue weighted by molar-refractivity contribution is 5.94. The second-order valence-electron chi connectivity index (χ2n) is 6.83. The van der Waals surface area contributed by atoms with Gasteiger partial charge in [-0.1, -0.05) is 0 Å². The topological polar surface area (TPSA) is 70.4 Å². The number of pyridine rings is 1. The van der Waals surface area contributed by atoms with Crippen molar-refractivity contribution >= 4 is 11.7 Å². The Kier molecular flexibility index (Phi) is 4.70. The molecule has 0 aromatic carbocycles. The van der Waals surface area contributed by atoms with Crippen molar-refractivity contribution in [2.75, 3.05) is 25.0 Å². The van der Waals surface area contributed by atoms with Crippen LogP contribution in [0.1, 0.15) is 47.8 Å². The van der Waals surface area contributed by atoms with E-state index >= 15 is 0 Å². The van der Waals surface area contributed by atoms with Crippen LogP contribution in [-0.4, -0.2) is 41.5 Å². The zero-order valence-corrected chi connectivity index (χ0v) is 14.3. The third-order valence-corrected chi connectivity index (χ3v) is 4.86. The molecule has 1 atom stereocenters. The van der Waals surface area contributed by atoms with E-state index in [-0.39, 0.29) is 11.9 Å². The van der Waals surface area contributed by atoms with Crippen LogP contribution in [0.25, 0.3) is 0 Å². The molecular formula is C19H24N4O2. The molecule has 0 spiro atoms. The molecule has 1 aliphatic heterocycles. The molecule has 2 aliphatic rings. The summed E-state index contributed by atoms with van der Waals surface area (Å²) >= 11 is 0. The average molecular weight is 340 g/mol. The molecule has 2 aromatic rings. The molecule has 0 radical (unpaired) electrons. The van der Waals surface area contributed by atoms with Crippen LogP contribution in [0.3, 0.4) is 0 Å². The summed E-state index contributed by atoms with van der Waals surface area (Å²) in [6, 6.07) is 8.08. The second kappa shape index (κ2) is 7.27. The number of nitrogens with zero attached hydrogens (tertiary/aromatic N) is 2. The van der Waals surface area contributed by atoms with Gasteiger partial charge in [0.1, 0.15) is 11.6 Å². The van der Waals surface area contributed by atoms with Crippen LogP contribution in [0.4, 0.5) is 5.82 Å². The summed E-state index contributed by atoms with van der Waals surface area (Å²) in [5.41, 5.74) is 0.637. The van der Waals surface area contributed by atoms with E-state index in [2.05, 4.69) is 20.5 Å². The number of carbonyl (C=O) groups excluding carboxylic acids is 1. The van der Waals surface area contributed by atoms with Crippen molar-refractivity contribution in [2.24, 2.45) is 0 Å². The molecule has 0 bridgehead atoms. The van der Waals surface area contributed by atoms with Gasteiger partial charge in [0.2, 0.25) is 0 Å². The Morgan fingerprint density at radius 2 is 2.16 bits per heavy atom. The molecule has 25 heavy (non-hydrogen) atoms. The first kappa shape index (κ1) is 16.1. The predicted molar refractivity (Wildman–Crippen MR) is 95.5 cm³/mol. The molecule has 132 valence electrons. The maximum atomic E-state index is 12.6. The summed E-state index contributed by atoms with van der Waals surface area (Å²) in [7, 11) is 0. The fourth-order valence-corrected chi connectivity index (χ4v) is 3.32. The van der Waals surface area contributed by atoms with Crippen LogP contribution in [-0.2, 0) is 0 Å². The maximum Gasteiger partial charge on any atom is 0.251 e. The third-order valence-electron chi connectivity index (χ3n) is 4.86. The van der Waals surface area contributed by atoms with E-state index in [0.717, 1.165) is 24.7 Å². The van der Waals surface area contributed by atoms with E-state index in [4.69, 9.17) is 4.42 Å². The van der Waals surface area contributed by atoms with E-state index in [1.54, 1.807) is 18.5 Å². The van der Waals surface area contributed by atoms with Crippen molar-refractivity contribution in [3.63, 3.8) is 0 Å². The lowest BCUT2D eigenvalue weighted by Gasteiger charge is -2.26. The minimum Gasteiger partial charge on any atom is -0.468 e. The average Bonchev–Trinajstić information content (AvgIpc) is 3.08. The number of likely N-dealkylation sites (tertiary alicyclic amines) is 1. The number of hydrogen-bond donors (Lipinski definition) is 2. The first-order chi connectivity index (χ1) is 12.3. The molecule has 2 N–H and O–H groups in total. The van der Waals surface area contributed by atoms with E-state index in [0.29, 0.717) is 18.2 Å². The molecule has 0 unspecified atom stereocenters. The maximum absolute atomic E-state index is 12.6. The summed E-state index contributed by atoms with van der Waals surface area (Å²) in [5.74, 6) is 1.61. The molecule has 2 fully saturated rings. The second-order valence-corrected chi connectivity index (χ2v) is 6.83. The standard InChI is InChI=1S/C19H24N4O2/c24-19(14-7-8-20-18(12-14)22-15-5-6-15)21-13-16(17-4-3-11-25-17)23-9-1-2-10-23/h3-4,7-8,11-12,15-16H,1-2,5-6,9-10,13H2,(H,20,22)(H,21,24)/t16-/m1/s1. The molecular weight excluding hydrogens is 316 g/mol. The van der Waals surface area contributed by atoms with Gasteiger partial charge in [-0.3, -0.25) is 9.69 Å². The fourth-order valence-electron chi connectivity index (χ4n) is 3.32. The summed E-state index contributed by atoms with van der Waals surface area (Å²) in [6.45, 7) is 2.64. The molecule has 2 aromatic heterocycles. The van der Waals surface area contributed by atoms with Crippen LogP contribution < -0.4 is 10.6 Å². The molecule has 1 saturated carbocycles. The molecule has 6 heteroatoms. The van der Waals surface area contributed by atoms with Gasteiger partial charge >= 0.3 is 0 Å². The van der Waals surface area contributed by atoms with Gasteiger partial charge in [-0.05, 0) is 63.0 Å². The molecule has 4 rings (SSSR count). The fraction of sp³-hybridized carbons (Fsp3) is 0.474. The van der Waals surface area contributed by atoms with Gasteiger partial charge in [0.15, 0.2) is 0 Å². The monoisotopic (exact) mass is 340 g/mol. The Morgan fingerprint density at radius 3 is 2.88 bits per heavy atom. The zero-order chi connectivity index (χ0) is 17.1. The largest absolute Gasteiger partial charge is 0.468 e. The first-order valence-electron chi connectivity index (χ1n) is 9.08. The summed E-state index contributed by atoms with van der Waals surface area (Å²) in [6.07, 6.45) is 8.14. The number of rotatable bonds is 7. The van der Waals surface area contributed by atoms with Crippen molar-refractivity contribution < 1.29 is 9.21 Å². The van der Waals surface area contributed by atoms with Gasteiger partial charge in [0, 0.05) is 24.3 Å². The van der Waals surface area contributed by atoms with Crippen LogP contribution in [0.15, 0.2) is 41.1 Å². The lowest BCUT2D eigenvalue weighted by Crippen LogP contribution is -2.36. The Labute approximate surface area is 147 Å². The highest BCUT2D eigenvalue weighted by Crippen LogP contribution is 2.25. The van der Waals surface area contributed by atoms with Crippen LogP contribution in [0, 0.1) is 0 Å². The minimum absolute atomic E-state index is 0.0722. The molecule has 1 saturated heterocycles. The number of anilines is 1. The first-order valence-corrected chi connectivity index (χ1v) is 9.08. The van der Waals surface area contributed by atoms with Crippen molar-refractivity contribution in [3.05, 3.63) is 48.0 Å². The van der Waals surface area contributed by atoms with Crippen molar-refractivity contribution in [2.45, 2.75) is 37.8 Å². The van der Waals surface area contributed by atoms with Gasteiger partial charge in [0.05, 0.1) is 12.3 Å². The molecule has 1 amide bonds. The molecule has 6 nitrogen and oxygen atoms in total. The molecule has 3 heterocycles. The summed E-state index contributed by atoms with van der Waals surface area (Å²) in [5, 5.41) is 6.39. The Morgan fingerprint density at radius 1 is 1.32 bits per heavy atom. The van der Waals surface area contributed by atoms with E-state index < -0.39 is 0 Å². The number of nitrogens with one attached hydrogen (secondary N) is 2. The number of carbonyl (C=O) groups is 1. The number of amides is 1. The van der Waals surface area contributed by atoms with Crippen molar-refractivity contribution in [1.82, 2.24) is 15.2 Å². The summed E-state index contributed by atoms with van der Waals surface area (Å²) in [4.78, 5) is 19.2. The predicted octanol–water partition coefficient (Wildman–Crippen LogP) is 2.82. The summed E-state index contributed by atoms with van der Waals surface area (Å²) < 4.78 is 5.60. The Hall–Kier alpha value is -2.34. The smallest absolute Gasteiger partial charge is 0.251 e. The Bertz CT molecular complexity index is 706. The molecule has 1 aliphatic carbocycles. The van der Waals surface area contributed by atoms with Crippen LogP contribution in [0.5, 0.6) is 0 Å². The number of furan rings is 1. The van der Waals surface area contributed by atoms with Gasteiger partial charge in [-0.25, -0.2) is 4.98 Å².